The van der Waals surface area contributed by atoms with Crippen molar-refractivity contribution in [1.82, 2.24) is 0 Å². The number of benzene rings is 1. The second-order valence-electron chi connectivity index (χ2n) is 4.46. The molecule has 2 heteroatoms. The van der Waals surface area contributed by atoms with Crippen LogP contribution in [0.25, 0.3) is 0 Å². The molecule has 0 saturated heterocycles. The molecular formula is C13H17ClO. The molecule has 82 valence electrons. The van der Waals surface area contributed by atoms with Gasteiger partial charge in [-0.3, -0.25) is 0 Å². The van der Waals surface area contributed by atoms with E-state index in [-0.39, 0.29) is 5.38 Å². The first-order valence-corrected chi connectivity index (χ1v) is 5.83. The zero-order chi connectivity index (χ0) is 11.2. The highest BCUT2D eigenvalue weighted by Gasteiger charge is 2.37. The van der Waals surface area contributed by atoms with Gasteiger partial charge in [0.1, 0.15) is 5.75 Å². The van der Waals surface area contributed by atoms with Gasteiger partial charge in [-0.2, -0.15) is 0 Å². The molecule has 0 aliphatic heterocycles. The second kappa shape index (κ2) is 3.71. The Bertz CT molecular complexity index is 386. The average Bonchev–Trinajstić information content (AvgIpc) is 2.46. The Morgan fingerprint density at radius 2 is 1.87 bits per heavy atom. The molecule has 1 nitrogen and oxygen atoms in total. The summed E-state index contributed by atoms with van der Waals surface area (Å²) in [5.74, 6) is 1.95. The van der Waals surface area contributed by atoms with Crippen LogP contribution >= 0.6 is 11.6 Å². The number of methoxy groups -OCH3 is 1. The molecule has 1 aliphatic carbocycles. The molecule has 3 atom stereocenters. The number of hydrogen-bond donors (Lipinski definition) is 0. The monoisotopic (exact) mass is 224 g/mol. The zero-order valence-corrected chi connectivity index (χ0v) is 10.4. The molecule has 15 heavy (non-hydrogen) atoms. The van der Waals surface area contributed by atoms with Crippen molar-refractivity contribution in [1.29, 1.82) is 0 Å². The number of aryl methyl sites for hydroxylation is 1. The van der Waals surface area contributed by atoms with Gasteiger partial charge in [-0.15, -0.1) is 11.6 Å². The summed E-state index contributed by atoms with van der Waals surface area (Å²) in [5.41, 5.74) is 3.88. The summed E-state index contributed by atoms with van der Waals surface area (Å²) < 4.78 is 5.42. The summed E-state index contributed by atoms with van der Waals surface area (Å²) in [4.78, 5) is 0. The fourth-order valence-electron chi connectivity index (χ4n) is 2.52. The van der Waals surface area contributed by atoms with Crippen LogP contribution in [0, 0.1) is 12.8 Å². The standard InChI is InChI=1S/C13H17ClO/c1-7-5-6-10(15-4)12-8(2)9(3)13(14)11(7)12/h5-6,8-9,13H,1-4H3. The predicted molar refractivity (Wildman–Crippen MR) is 63.9 cm³/mol. The third kappa shape index (κ3) is 1.45. The maximum absolute atomic E-state index is 6.47. The van der Waals surface area contributed by atoms with Crippen molar-refractivity contribution < 1.29 is 4.74 Å². The topological polar surface area (TPSA) is 9.23 Å². The van der Waals surface area contributed by atoms with E-state index < -0.39 is 0 Å². The van der Waals surface area contributed by atoms with Gasteiger partial charge in [0.2, 0.25) is 0 Å². The van der Waals surface area contributed by atoms with E-state index in [4.69, 9.17) is 16.3 Å². The van der Waals surface area contributed by atoms with Crippen LogP contribution < -0.4 is 4.74 Å². The van der Waals surface area contributed by atoms with Crippen molar-refractivity contribution in [3.63, 3.8) is 0 Å². The van der Waals surface area contributed by atoms with Gasteiger partial charge in [-0.05, 0) is 36.0 Å². The molecule has 0 radical (unpaired) electrons. The van der Waals surface area contributed by atoms with Crippen LogP contribution in [0.4, 0.5) is 0 Å². The van der Waals surface area contributed by atoms with Crippen LogP contribution in [0.1, 0.15) is 41.8 Å². The van der Waals surface area contributed by atoms with Gasteiger partial charge >= 0.3 is 0 Å². The Kier molecular flexibility index (Phi) is 2.68. The molecule has 0 spiro atoms. The minimum atomic E-state index is 0.130. The van der Waals surface area contributed by atoms with E-state index in [0.29, 0.717) is 11.8 Å². The normalized spacial score (nSPS) is 29.0. The van der Waals surface area contributed by atoms with Gasteiger partial charge in [0.05, 0.1) is 12.5 Å². The van der Waals surface area contributed by atoms with E-state index in [0.717, 1.165) is 5.75 Å². The molecule has 0 N–H and O–H groups in total. The minimum absolute atomic E-state index is 0.130. The molecule has 0 saturated carbocycles. The molecule has 0 bridgehead atoms. The Balaban J connectivity index is 2.65. The summed E-state index contributed by atoms with van der Waals surface area (Å²) in [6.45, 7) is 6.56. The van der Waals surface area contributed by atoms with E-state index >= 15 is 0 Å². The summed E-state index contributed by atoms with van der Waals surface area (Å²) in [6.07, 6.45) is 0. The molecule has 2 rings (SSSR count). The summed E-state index contributed by atoms with van der Waals surface area (Å²) in [6, 6.07) is 4.14. The molecule has 1 aromatic carbocycles. The molecule has 0 heterocycles. The molecule has 1 aliphatic rings. The van der Waals surface area contributed by atoms with E-state index in [2.05, 4.69) is 26.8 Å². The largest absolute Gasteiger partial charge is 0.496 e. The third-order valence-electron chi connectivity index (χ3n) is 3.67. The van der Waals surface area contributed by atoms with Gasteiger partial charge in [0, 0.05) is 5.56 Å². The molecule has 1 aromatic rings. The van der Waals surface area contributed by atoms with Gasteiger partial charge in [-0.1, -0.05) is 19.9 Å². The smallest absolute Gasteiger partial charge is 0.122 e. The van der Waals surface area contributed by atoms with Crippen LogP contribution in [0.3, 0.4) is 0 Å². The van der Waals surface area contributed by atoms with E-state index in [1.54, 1.807) is 7.11 Å². The van der Waals surface area contributed by atoms with Crippen molar-refractivity contribution >= 4 is 11.6 Å². The molecule has 0 fully saturated rings. The summed E-state index contributed by atoms with van der Waals surface area (Å²) >= 11 is 6.47. The lowest BCUT2D eigenvalue weighted by atomic mass is 9.95. The third-order valence-corrected chi connectivity index (χ3v) is 4.28. The Morgan fingerprint density at radius 3 is 2.47 bits per heavy atom. The summed E-state index contributed by atoms with van der Waals surface area (Å²) in [7, 11) is 1.73. The Morgan fingerprint density at radius 1 is 1.20 bits per heavy atom. The van der Waals surface area contributed by atoms with E-state index in [9.17, 15) is 0 Å². The van der Waals surface area contributed by atoms with Gasteiger partial charge in [-0.25, -0.2) is 0 Å². The van der Waals surface area contributed by atoms with Crippen molar-refractivity contribution in [2.75, 3.05) is 7.11 Å². The Hall–Kier alpha value is -0.690. The van der Waals surface area contributed by atoms with Crippen molar-refractivity contribution in [3.8, 4) is 5.75 Å². The van der Waals surface area contributed by atoms with Gasteiger partial charge < -0.3 is 4.74 Å². The van der Waals surface area contributed by atoms with Crippen LogP contribution in [0.2, 0.25) is 0 Å². The zero-order valence-electron chi connectivity index (χ0n) is 9.67. The number of hydrogen-bond acceptors (Lipinski definition) is 1. The number of fused-ring (bicyclic) bond motifs is 1. The number of alkyl halides is 1. The Labute approximate surface area is 96.4 Å². The van der Waals surface area contributed by atoms with Crippen LogP contribution in [0.15, 0.2) is 12.1 Å². The first-order chi connectivity index (χ1) is 7.07. The SMILES string of the molecule is COc1ccc(C)c2c1C(C)C(C)C2Cl. The van der Waals surface area contributed by atoms with Gasteiger partial charge in [0.15, 0.2) is 0 Å². The first kappa shape index (κ1) is 10.8. The molecular weight excluding hydrogens is 208 g/mol. The van der Waals surface area contributed by atoms with Crippen molar-refractivity contribution in [2.45, 2.75) is 32.1 Å². The minimum Gasteiger partial charge on any atom is -0.496 e. The number of rotatable bonds is 1. The quantitative estimate of drug-likeness (QED) is 0.655. The van der Waals surface area contributed by atoms with Crippen molar-refractivity contribution in [2.24, 2.45) is 5.92 Å². The van der Waals surface area contributed by atoms with Crippen LogP contribution in [0.5, 0.6) is 5.75 Å². The maximum Gasteiger partial charge on any atom is 0.122 e. The van der Waals surface area contributed by atoms with Crippen LogP contribution in [-0.4, -0.2) is 7.11 Å². The van der Waals surface area contributed by atoms with Gasteiger partial charge in [0.25, 0.3) is 0 Å². The predicted octanol–water partition coefficient (Wildman–Crippen LogP) is 4.04. The summed E-state index contributed by atoms with van der Waals surface area (Å²) in [5, 5.41) is 0.130. The lowest BCUT2D eigenvalue weighted by molar-refractivity contribution is 0.403. The fourth-order valence-corrected chi connectivity index (χ4v) is 3.03. The second-order valence-corrected chi connectivity index (χ2v) is 4.93. The number of ether oxygens (including phenoxy) is 1. The van der Waals surface area contributed by atoms with E-state index in [1.807, 2.05) is 6.07 Å². The molecule has 3 unspecified atom stereocenters. The number of halogens is 1. The maximum atomic E-state index is 6.47. The lowest BCUT2D eigenvalue weighted by Crippen LogP contribution is -2.01. The average molecular weight is 225 g/mol. The van der Waals surface area contributed by atoms with Crippen LogP contribution in [-0.2, 0) is 0 Å². The van der Waals surface area contributed by atoms with Crippen molar-refractivity contribution in [3.05, 3.63) is 28.8 Å². The van der Waals surface area contributed by atoms with E-state index in [1.165, 1.54) is 16.7 Å². The molecule has 0 amide bonds. The highest BCUT2D eigenvalue weighted by Crippen LogP contribution is 2.52. The first-order valence-electron chi connectivity index (χ1n) is 5.39. The lowest BCUT2D eigenvalue weighted by Gasteiger charge is -2.13. The highest BCUT2D eigenvalue weighted by molar-refractivity contribution is 6.21. The fraction of sp³-hybridized carbons (Fsp3) is 0.538. The highest BCUT2D eigenvalue weighted by atomic mass is 35.5. The molecule has 0 aromatic heterocycles.